The molecule has 1 unspecified atom stereocenters. The Labute approximate surface area is 166 Å². The lowest BCUT2D eigenvalue weighted by molar-refractivity contribution is -0.142. The second-order valence-electron chi connectivity index (χ2n) is 5.29. The van der Waals surface area contributed by atoms with Crippen LogP contribution < -0.4 is 10.1 Å². The second-order valence-corrected chi connectivity index (χ2v) is 7.43. The van der Waals surface area contributed by atoms with E-state index >= 15 is 0 Å². The summed E-state index contributed by atoms with van der Waals surface area (Å²) < 4.78 is 20.4. The maximum Gasteiger partial charge on any atom is 0.338 e. The van der Waals surface area contributed by atoms with Gasteiger partial charge in [-0.2, -0.15) is 0 Å². The number of aliphatic carboxylic acids is 1. The zero-order valence-corrected chi connectivity index (χ0v) is 17.1. The fourth-order valence-corrected chi connectivity index (χ4v) is 3.96. The number of hydrogen-bond acceptors (Lipinski definition) is 3. The SMILES string of the molecule is CNc1cc(Cl)cc(COc2c(Br)cc(CC(F)C(=O)O)cc2Br)c1. The quantitative estimate of drug-likeness (QED) is 0.536. The third kappa shape index (κ3) is 5.59. The van der Waals surface area contributed by atoms with E-state index in [1.807, 2.05) is 12.1 Å². The van der Waals surface area contributed by atoms with E-state index in [0.29, 0.717) is 25.3 Å². The summed E-state index contributed by atoms with van der Waals surface area (Å²) >= 11 is 12.8. The molecule has 0 saturated heterocycles. The first-order valence-corrected chi connectivity index (χ1v) is 9.21. The topological polar surface area (TPSA) is 58.6 Å². The number of ether oxygens (including phenoxy) is 1. The van der Waals surface area contributed by atoms with Crippen LogP contribution in [0.5, 0.6) is 5.75 Å². The van der Waals surface area contributed by atoms with Crippen molar-refractivity contribution in [2.75, 3.05) is 12.4 Å². The Morgan fingerprint density at radius 3 is 2.44 bits per heavy atom. The summed E-state index contributed by atoms with van der Waals surface area (Å²) in [5, 5.41) is 12.3. The van der Waals surface area contributed by atoms with Crippen LogP contribution in [0.15, 0.2) is 39.3 Å². The van der Waals surface area contributed by atoms with Gasteiger partial charge in [-0.15, -0.1) is 0 Å². The van der Waals surface area contributed by atoms with Crippen LogP contribution in [0.4, 0.5) is 10.1 Å². The van der Waals surface area contributed by atoms with Crippen molar-refractivity contribution in [1.29, 1.82) is 0 Å². The van der Waals surface area contributed by atoms with Crippen LogP contribution in [0.25, 0.3) is 0 Å². The van der Waals surface area contributed by atoms with Crippen LogP contribution in [0.2, 0.25) is 5.02 Å². The lowest BCUT2D eigenvalue weighted by Gasteiger charge is -2.14. The monoisotopic (exact) mass is 493 g/mol. The maximum absolute atomic E-state index is 13.4. The molecule has 0 spiro atoms. The van der Waals surface area contributed by atoms with Crippen LogP contribution in [0.3, 0.4) is 0 Å². The van der Waals surface area contributed by atoms with Crippen molar-refractivity contribution < 1.29 is 19.0 Å². The van der Waals surface area contributed by atoms with Crippen molar-refractivity contribution in [1.82, 2.24) is 0 Å². The zero-order chi connectivity index (χ0) is 18.6. The molecule has 0 bridgehead atoms. The molecule has 0 aliphatic carbocycles. The summed E-state index contributed by atoms with van der Waals surface area (Å²) in [7, 11) is 1.80. The summed E-state index contributed by atoms with van der Waals surface area (Å²) in [4.78, 5) is 10.6. The first-order chi connectivity index (χ1) is 11.8. The van der Waals surface area contributed by atoms with E-state index in [-0.39, 0.29) is 13.0 Å². The number of anilines is 1. The van der Waals surface area contributed by atoms with E-state index in [1.165, 1.54) is 0 Å². The van der Waals surface area contributed by atoms with E-state index in [9.17, 15) is 9.18 Å². The molecule has 4 nitrogen and oxygen atoms in total. The summed E-state index contributed by atoms with van der Waals surface area (Å²) in [5.41, 5.74) is 2.30. The molecule has 2 aromatic carbocycles. The first-order valence-electron chi connectivity index (χ1n) is 7.25. The number of benzene rings is 2. The molecule has 0 radical (unpaired) electrons. The summed E-state index contributed by atoms with van der Waals surface area (Å²) in [6.07, 6.45) is -2.16. The highest BCUT2D eigenvalue weighted by atomic mass is 79.9. The second kappa shape index (κ2) is 8.87. The van der Waals surface area contributed by atoms with Crippen LogP contribution in [-0.4, -0.2) is 24.3 Å². The molecule has 2 rings (SSSR count). The lowest BCUT2D eigenvalue weighted by Crippen LogP contribution is -2.17. The van der Waals surface area contributed by atoms with Gasteiger partial charge in [0.25, 0.3) is 0 Å². The molecule has 25 heavy (non-hydrogen) atoms. The number of carbonyl (C=O) groups is 1. The Balaban J connectivity index is 2.15. The Hall–Kier alpha value is -1.31. The number of hydrogen-bond donors (Lipinski definition) is 2. The van der Waals surface area contributed by atoms with E-state index in [2.05, 4.69) is 37.2 Å². The minimum Gasteiger partial charge on any atom is -0.487 e. The van der Waals surface area contributed by atoms with Gasteiger partial charge >= 0.3 is 5.97 Å². The fourth-order valence-electron chi connectivity index (χ4n) is 2.20. The van der Waals surface area contributed by atoms with Crippen molar-refractivity contribution in [3.05, 3.63) is 55.4 Å². The molecule has 0 aliphatic rings. The Morgan fingerprint density at radius 1 is 1.24 bits per heavy atom. The highest BCUT2D eigenvalue weighted by Gasteiger charge is 2.18. The summed E-state index contributed by atoms with van der Waals surface area (Å²) in [6.45, 7) is 0.284. The number of carboxylic acids is 1. The molecule has 0 fully saturated rings. The normalized spacial score (nSPS) is 11.9. The largest absolute Gasteiger partial charge is 0.487 e. The number of alkyl halides is 1. The third-order valence-electron chi connectivity index (χ3n) is 3.37. The van der Waals surface area contributed by atoms with Gasteiger partial charge in [0.2, 0.25) is 6.17 Å². The van der Waals surface area contributed by atoms with Gasteiger partial charge in [0.05, 0.1) is 8.95 Å². The Bertz CT molecular complexity index is 765. The molecule has 2 aromatic rings. The number of nitrogens with one attached hydrogen (secondary N) is 1. The van der Waals surface area contributed by atoms with Gasteiger partial charge in [-0.1, -0.05) is 11.6 Å². The molecule has 0 aromatic heterocycles. The zero-order valence-electron chi connectivity index (χ0n) is 13.2. The van der Waals surface area contributed by atoms with Crippen molar-refractivity contribution in [3.63, 3.8) is 0 Å². The summed E-state index contributed by atoms with van der Waals surface area (Å²) in [5.74, 6) is -0.936. The van der Waals surface area contributed by atoms with Crippen LogP contribution in [0.1, 0.15) is 11.1 Å². The molecule has 0 amide bonds. The number of halogens is 4. The van der Waals surface area contributed by atoms with E-state index in [1.54, 1.807) is 25.2 Å². The average Bonchev–Trinajstić information content (AvgIpc) is 2.53. The molecule has 0 saturated carbocycles. The molecule has 0 heterocycles. The van der Waals surface area contributed by atoms with Gasteiger partial charge in [0.1, 0.15) is 12.4 Å². The molecule has 134 valence electrons. The van der Waals surface area contributed by atoms with Gasteiger partial charge in [-0.3, -0.25) is 0 Å². The summed E-state index contributed by atoms with van der Waals surface area (Å²) in [6, 6.07) is 8.82. The first kappa shape index (κ1) is 20.0. The van der Waals surface area contributed by atoms with Crippen LogP contribution in [0, 0.1) is 0 Å². The Kier molecular flexibility index (Phi) is 7.10. The van der Waals surface area contributed by atoms with Gasteiger partial charge in [-0.25, -0.2) is 9.18 Å². The number of rotatable bonds is 7. The van der Waals surface area contributed by atoms with Gasteiger partial charge in [0, 0.05) is 24.2 Å². The van der Waals surface area contributed by atoms with Crippen molar-refractivity contribution in [3.8, 4) is 5.75 Å². The van der Waals surface area contributed by atoms with Gasteiger partial charge in [0.15, 0.2) is 0 Å². The Morgan fingerprint density at radius 2 is 1.88 bits per heavy atom. The minimum absolute atomic E-state index is 0.216. The van der Waals surface area contributed by atoms with E-state index in [4.69, 9.17) is 21.4 Å². The predicted molar refractivity (Wildman–Crippen MR) is 103 cm³/mol. The van der Waals surface area contributed by atoms with Crippen molar-refractivity contribution in [2.24, 2.45) is 0 Å². The van der Waals surface area contributed by atoms with E-state index in [0.717, 1.165) is 11.3 Å². The number of carboxylic acid groups (broad SMARTS) is 1. The van der Waals surface area contributed by atoms with Crippen molar-refractivity contribution in [2.45, 2.75) is 19.2 Å². The molecular formula is C17H15Br2ClFNO3. The smallest absolute Gasteiger partial charge is 0.338 e. The van der Waals surface area contributed by atoms with Gasteiger partial charge in [-0.05, 0) is 73.3 Å². The molecule has 0 aliphatic heterocycles. The average molecular weight is 496 g/mol. The van der Waals surface area contributed by atoms with E-state index < -0.39 is 12.1 Å². The molecule has 2 N–H and O–H groups in total. The van der Waals surface area contributed by atoms with Gasteiger partial charge < -0.3 is 15.2 Å². The van der Waals surface area contributed by atoms with Crippen molar-refractivity contribution >= 4 is 55.1 Å². The molecule has 8 heteroatoms. The third-order valence-corrected chi connectivity index (χ3v) is 4.77. The minimum atomic E-state index is -1.95. The highest BCUT2D eigenvalue weighted by molar-refractivity contribution is 9.11. The standard InChI is InChI=1S/C17H15Br2ClFNO3/c1-22-12-3-10(2-11(20)7-12)8-25-16-13(18)4-9(5-14(16)19)6-15(21)17(23)24/h2-5,7,15,22H,6,8H2,1H3,(H,23,24). The maximum atomic E-state index is 13.4. The van der Waals surface area contributed by atoms with Crippen LogP contribution in [-0.2, 0) is 17.8 Å². The lowest BCUT2D eigenvalue weighted by atomic mass is 10.1. The fraction of sp³-hybridized carbons (Fsp3) is 0.235. The molecule has 1 atom stereocenters. The molecular weight excluding hydrogens is 480 g/mol. The van der Waals surface area contributed by atoms with Crippen LogP contribution >= 0.6 is 43.5 Å². The highest BCUT2D eigenvalue weighted by Crippen LogP contribution is 2.36. The predicted octanol–water partition coefficient (Wildman–Crippen LogP) is 5.45.